The largest absolute Gasteiger partial charge is 0.483 e. The van der Waals surface area contributed by atoms with Gasteiger partial charge in [-0.15, -0.1) is 0 Å². The monoisotopic (exact) mass is 834 g/mol. The van der Waals surface area contributed by atoms with Gasteiger partial charge in [0.2, 0.25) is 18.7 Å². The summed E-state index contributed by atoms with van der Waals surface area (Å²) in [6.45, 7) is 25.7. The first-order valence-electron chi connectivity index (χ1n) is 20.6. The summed E-state index contributed by atoms with van der Waals surface area (Å²) in [7, 11) is 14.7. The fraction of sp³-hybridized carbons (Fsp3) is 0.857. The van der Waals surface area contributed by atoms with E-state index in [0.717, 1.165) is 57.7 Å². The second-order valence-corrected chi connectivity index (χ2v) is 15.9. The number of carbonyl (C=O) groups excluding carboxylic acids is 4. The number of aliphatic imine (C=N–C) groups is 1. The number of hydrogen-bond donors (Lipinski definition) is 2. The third-order valence-electron chi connectivity index (χ3n) is 9.83. The van der Waals surface area contributed by atoms with Crippen LogP contribution in [0.3, 0.4) is 0 Å². The van der Waals surface area contributed by atoms with Crippen molar-refractivity contribution in [3.8, 4) is 0 Å². The van der Waals surface area contributed by atoms with Crippen LogP contribution in [-0.4, -0.2) is 185 Å². The van der Waals surface area contributed by atoms with Crippen molar-refractivity contribution >= 4 is 37.1 Å². The molecule has 1 heterocycles. The molecule has 0 aromatic rings. The molecule has 0 aromatic heterocycles. The molecule has 58 heavy (non-hydrogen) atoms. The molecule has 0 spiro atoms. The second-order valence-electron chi connectivity index (χ2n) is 15.9. The summed E-state index contributed by atoms with van der Waals surface area (Å²) >= 11 is 0. The highest BCUT2D eigenvalue weighted by Crippen LogP contribution is 2.24. The van der Waals surface area contributed by atoms with E-state index >= 15 is 0 Å². The SMILES string of the molecule is CCC.CCC(C)C(C(CC)OC)N(C)C(=O)CN=C(N(C)C)N(C)CCN(C)C(C)(C)C.COC(=O)[C@H](C)NC=O.COC(C(C)C)C1CCCN1C=O.O=CO. The number of ether oxygens (including phenoxy) is 3. The van der Waals surface area contributed by atoms with Crippen LogP contribution >= 0.6 is 0 Å². The number of nitrogens with zero attached hydrogens (tertiary/aromatic N) is 6. The number of likely N-dealkylation sites (tertiary alicyclic amines) is 1. The molecule has 0 aliphatic carbocycles. The minimum absolute atomic E-state index is 0.0235. The van der Waals surface area contributed by atoms with Gasteiger partial charge in [0.1, 0.15) is 12.6 Å². The van der Waals surface area contributed by atoms with Crippen LogP contribution in [0.4, 0.5) is 0 Å². The van der Waals surface area contributed by atoms with E-state index in [1.54, 1.807) is 21.1 Å². The van der Waals surface area contributed by atoms with Gasteiger partial charge in [-0.05, 0) is 65.8 Å². The van der Waals surface area contributed by atoms with Gasteiger partial charge in [-0.2, -0.15) is 0 Å². The van der Waals surface area contributed by atoms with Gasteiger partial charge in [0.25, 0.3) is 6.47 Å². The predicted octanol–water partition coefficient (Wildman–Crippen LogP) is 4.55. The number of amides is 3. The molecule has 16 nitrogen and oxygen atoms in total. The van der Waals surface area contributed by atoms with Crippen LogP contribution in [0.2, 0.25) is 0 Å². The Balaban J connectivity index is -0.000000421. The Kier molecular flexibility index (Phi) is 37.4. The molecule has 1 aliphatic heterocycles. The van der Waals surface area contributed by atoms with Crippen molar-refractivity contribution in [2.24, 2.45) is 16.8 Å². The lowest BCUT2D eigenvalue weighted by Crippen LogP contribution is -2.50. The Morgan fingerprint density at radius 3 is 1.81 bits per heavy atom. The number of carboxylic acid groups (broad SMARTS) is 1. The summed E-state index contributed by atoms with van der Waals surface area (Å²) in [5, 5.41) is 9.13. The van der Waals surface area contributed by atoms with Crippen LogP contribution < -0.4 is 5.32 Å². The zero-order chi connectivity index (χ0) is 46.2. The maximum absolute atomic E-state index is 13.0. The number of likely N-dealkylation sites (N-methyl/N-ethyl adjacent to an activating group) is 3. The van der Waals surface area contributed by atoms with E-state index in [-0.39, 0.29) is 42.7 Å². The molecule has 0 bridgehead atoms. The van der Waals surface area contributed by atoms with Gasteiger partial charge in [-0.1, -0.05) is 61.3 Å². The molecule has 1 rings (SSSR count). The highest BCUT2D eigenvalue weighted by Gasteiger charge is 2.33. The van der Waals surface area contributed by atoms with Gasteiger partial charge in [-0.25, -0.2) is 9.79 Å². The maximum Gasteiger partial charge on any atom is 0.328 e. The molecule has 2 N–H and O–H groups in total. The number of methoxy groups -OCH3 is 3. The molecule has 1 aliphatic rings. The van der Waals surface area contributed by atoms with E-state index in [9.17, 15) is 19.2 Å². The van der Waals surface area contributed by atoms with Crippen LogP contribution in [0.25, 0.3) is 0 Å². The Morgan fingerprint density at radius 1 is 0.914 bits per heavy atom. The zero-order valence-electron chi connectivity index (χ0n) is 40.0. The Hall–Kier alpha value is -3.50. The Morgan fingerprint density at radius 2 is 1.45 bits per heavy atom. The molecule has 1 saturated heterocycles. The summed E-state index contributed by atoms with van der Waals surface area (Å²) in [4.78, 5) is 67.1. The van der Waals surface area contributed by atoms with E-state index in [1.807, 2.05) is 42.9 Å². The fourth-order valence-corrected chi connectivity index (χ4v) is 6.06. The zero-order valence-corrected chi connectivity index (χ0v) is 40.0. The minimum atomic E-state index is -0.549. The normalized spacial score (nSPS) is 16.1. The van der Waals surface area contributed by atoms with Crippen molar-refractivity contribution < 1.29 is 43.3 Å². The Labute approximate surface area is 353 Å². The lowest BCUT2D eigenvalue weighted by molar-refractivity contribution is -0.143. The van der Waals surface area contributed by atoms with E-state index in [4.69, 9.17) is 19.4 Å². The van der Waals surface area contributed by atoms with Crippen LogP contribution in [0.5, 0.6) is 0 Å². The highest BCUT2D eigenvalue weighted by molar-refractivity contribution is 5.84. The number of guanidine groups is 1. The topological polar surface area (TPSA) is 174 Å². The molecule has 6 atom stereocenters. The van der Waals surface area contributed by atoms with Crippen LogP contribution in [0.1, 0.15) is 108 Å². The first kappa shape index (κ1) is 61.2. The molecule has 1 fully saturated rings. The maximum atomic E-state index is 13.0. The fourth-order valence-electron chi connectivity index (χ4n) is 6.06. The first-order valence-corrected chi connectivity index (χ1v) is 20.6. The number of esters is 1. The van der Waals surface area contributed by atoms with E-state index < -0.39 is 12.0 Å². The van der Waals surface area contributed by atoms with Crippen molar-refractivity contribution in [1.29, 1.82) is 0 Å². The second kappa shape index (κ2) is 35.4. The van der Waals surface area contributed by atoms with Crippen LogP contribution in [-0.2, 0) is 38.2 Å². The van der Waals surface area contributed by atoms with Crippen LogP contribution in [0.15, 0.2) is 4.99 Å². The molecule has 0 radical (unpaired) electrons. The van der Waals surface area contributed by atoms with Crippen molar-refractivity contribution in [3.05, 3.63) is 0 Å². The third kappa shape index (κ3) is 25.8. The lowest BCUT2D eigenvalue weighted by atomic mass is 9.91. The van der Waals surface area contributed by atoms with Crippen molar-refractivity contribution in [2.75, 3.05) is 82.7 Å². The molecule has 344 valence electrons. The minimum Gasteiger partial charge on any atom is -0.483 e. The van der Waals surface area contributed by atoms with E-state index in [1.165, 1.54) is 13.5 Å². The molecule has 16 heteroatoms. The smallest absolute Gasteiger partial charge is 0.328 e. The standard InChI is InChI=1S/C23H49N5O2.C10H19NO2.C5H9NO3.C3H8.CH2O2/c1-13-18(3)21(19(14-2)30-12)28(11)20(29)17-24-22(25(7)8)26(9)15-16-27(10)23(4,5)6;1-8(2)10(13-3)9-5-4-6-11(9)7-12;1-4(6-3-7)5(8)9-2;1-3-2;2-1-3/h18-19,21H,13-17H2,1-12H3;7-10H,4-6H2,1-3H3;3-4H,1-2H3,(H,6,7);3H2,1-2H3;1H,(H,2,3)/t;;4-;;/m..0../s1. The molecule has 0 aromatic carbocycles. The van der Waals surface area contributed by atoms with Gasteiger partial charge >= 0.3 is 5.97 Å². The first-order chi connectivity index (χ1) is 27.1. The average molecular weight is 834 g/mol. The summed E-state index contributed by atoms with van der Waals surface area (Å²) in [5.74, 6) is 1.22. The average Bonchev–Trinajstić information content (AvgIpc) is 3.64. The van der Waals surface area contributed by atoms with Gasteiger partial charge in [-0.3, -0.25) is 24.1 Å². The summed E-state index contributed by atoms with van der Waals surface area (Å²) in [5.41, 5.74) is 0.122. The molecular weight excluding hydrogens is 747 g/mol. The van der Waals surface area contributed by atoms with Gasteiger partial charge < -0.3 is 44.2 Å². The quantitative estimate of drug-likeness (QED) is 0.0855. The summed E-state index contributed by atoms with van der Waals surface area (Å²) < 4.78 is 15.4. The van der Waals surface area contributed by atoms with E-state index in [2.05, 4.69) is 101 Å². The molecule has 5 unspecified atom stereocenters. The third-order valence-corrected chi connectivity index (χ3v) is 9.83. The number of nitrogens with one attached hydrogen (secondary N) is 1. The summed E-state index contributed by atoms with van der Waals surface area (Å²) in [6, 6.07) is -0.205. The van der Waals surface area contributed by atoms with Gasteiger partial charge in [0, 0.05) is 67.6 Å². The van der Waals surface area contributed by atoms with Crippen molar-refractivity contribution in [3.63, 3.8) is 0 Å². The van der Waals surface area contributed by atoms with Crippen LogP contribution in [0, 0.1) is 11.8 Å². The number of carbonyl (C=O) groups is 5. The lowest BCUT2D eigenvalue weighted by Gasteiger charge is -2.37. The number of rotatable bonds is 18. The number of hydrogen-bond acceptors (Lipinski definition) is 10. The molecular formula is C42H87N7O9. The van der Waals surface area contributed by atoms with E-state index in [0.29, 0.717) is 24.3 Å². The Bertz CT molecular complexity index is 1100. The predicted molar refractivity (Wildman–Crippen MR) is 235 cm³/mol. The van der Waals surface area contributed by atoms with Crippen molar-refractivity contribution in [2.45, 2.75) is 144 Å². The van der Waals surface area contributed by atoms with Crippen molar-refractivity contribution in [1.82, 2.24) is 29.8 Å². The van der Waals surface area contributed by atoms with Gasteiger partial charge in [0.05, 0.1) is 31.4 Å². The molecule has 0 saturated carbocycles. The highest BCUT2D eigenvalue weighted by atomic mass is 16.5. The molecule has 3 amide bonds. The van der Waals surface area contributed by atoms with Gasteiger partial charge in [0.15, 0.2) is 5.96 Å². The summed E-state index contributed by atoms with van der Waals surface area (Å²) in [6.07, 6.45) is 6.94.